The summed E-state index contributed by atoms with van der Waals surface area (Å²) in [6.45, 7) is 12.1. The molecule has 74 heavy (non-hydrogen) atoms. The lowest BCUT2D eigenvalue weighted by Gasteiger charge is -2.39. The van der Waals surface area contributed by atoms with Crippen molar-refractivity contribution in [2.45, 2.75) is 71.5 Å². The van der Waals surface area contributed by atoms with Gasteiger partial charge in [0.2, 0.25) is 5.91 Å². The van der Waals surface area contributed by atoms with Gasteiger partial charge in [-0.25, -0.2) is 4.39 Å². The van der Waals surface area contributed by atoms with E-state index in [0.29, 0.717) is 84.3 Å². The van der Waals surface area contributed by atoms with Gasteiger partial charge in [0.15, 0.2) is 0 Å². The van der Waals surface area contributed by atoms with E-state index in [9.17, 15) is 10.1 Å². The van der Waals surface area contributed by atoms with E-state index in [1.807, 2.05) is 81.0 Å². The topological polar surface area (TPSA) is 120 Å². The maximum atomic E-state index is 15.9. The fraction of sp³-hybridized carbons (Fsp3) is 0.400. The number of benzene rings is 4. The molecule has 4 aliphatic heterocycles. The summed E-state index contributed by atoms with van der Waals surface area (Å²) in [5.74, 6) is -0.606. The maximum Gasteiger partial charge on any atom is 0.264 e. The zero-order valence-corrected chi connectivity index (χ0v) is 43.0. The lowest BCUT2D eigenvalue weighted by Crippen LogP contribution is -2.50. The number of para-hydroxylation sites is 1. The molecule has 1 saturated carbocycles. The van der Waals surface area contributed by atoms with E-state index in [-0.39, 0.29) is 36.7 Å². The van der Waals surface area contributed by atoms with E-state index in [4.69, 9.17) is 9.47 Å². The summed E-state index contributed by atoms with van der Waals surface area (Å²) < 4.78 is 30.8. The highest BCUT2D eigenvalue weighted by atomic mass is 19.1. The number of halogens is 1. The number of aromatic nitrogens is 2. The highest BCUT2D eigenvalue weighted by Crippen LogP contribution is 2.53. The van der Waals surface area contributed by atoms with Crippen molar-refractivity contribution in [2.24, 2.45) is 19.5 Å². The Kier molecular flexibility index (Phi) is 13.5. The minimum atomic E-state index is -0.482. The first kappa shape index (κ1) is 49.2. The van der Waals surface area contributed by atoms with Crippen LogP contribution in [-0.4, -0.2) is 118 Å². The van der Waals surface area contributed by atoms with Gasteiger partial charge in [-0.15, -0.1) is 0 Å². The second kappa shape index (κ2) is 20.3. The molecule has 14 heteroatoms. The minimum absolute atomic E-state index is 0.0659. The summed E-state index contributed by atoms with van der Waals surface area (Å²) in [7, 11) is 3.76. The molecular weight excluding hydrogens is 932 g/mol. The molecule has 11 rings (SSSR count). The first-order chi connectivity index (χ1) is 35.9. The lowest BCUT2D eigenvalue weighted by molar-refractivity contribution is -0.131. The fourth-order valence-corrected chi connectivity index (χ4v) is 11.8. The van der Waals surface area contributed by atoms with Crippen LogP contribution in [-0.2, 0) is 56.0 Å². The number of rotatable bonds is 13. The van der Waals surface area contributed by atoms with Crippen molar-refractivity contribution in [1.82, 2.24) is 28.7 Å². The molecule has 2 saturated heterocycles. The highest BCUT2D eigenvalue weighted by molar-refractivity contribution is 6.13. The molecule has 1 unspecified atom stereocenters. The summed E-state index contributed by atoms with van der Waals surface area (Å²) >= 11 is 0. The number of fused-ring (bicyclic) bond motifs is 2. The minimum Gasteiger partial charge on any atom is -0.492 e. The number of nitriles is 1. The summed E-state index contributed by atoms with van der Waals surface area (Å²) in [6, 6.07) is 32.6. The molecule has 2 aromatic heterocycles. The van der Waals surface area contributed by atoms with Crippen LogP contribution in [0.3, 0.4) is 0 Å². The monoisotopic (exact) mass is 997 g/mol. The molecule has 6 aromatic rings. The summed E-state index contributed by atoms with van der Waals surface area (Å²) in [4.78, 5) is 55.6. The average molecular weight is 997 g/mol. The Balaban J connectivity index is 0.928. The van der Waals surface area contributed by atoms with Gasteiger partial charge in [0.1, 0.15) is 29.9 Å². The van der Waals surface area contributed by atoms with E-state index in [1.54, 1.807) is 32.6 Å². The number of morpholine rings is 1. The second-order valence-electron chi connectivity index (χ2n) is 21.2. The molecule has 0 bridgehead atoms. The molecule has 1 spiro atoms. The number of hydrogen-bond donors (Lipinski definition) is 0. The normalized spacial score (nSPS) is 18.2. The molecule has 5 aliphatic rings. The van der Waals surface area contributed by atoms with Gasteiger partial charge in [-0.1, -0.05) is 48.5 Å². The molecule has 6 heterocycles. The Morgan fingerprint density at radius 3 is 2.30 bits per heavy atom. The van der Waals surface area contributed by atoms with E-state index < -0.39 is 5.82 Å². The number of likely N-dealkylation sites (tertiary alicyclic amines) is 1. The van der Waals surface area contributed by atoms with E-state index in [2.05, 4.69) is 45.0 Å². The molecule has 13 nitrogen and oxygen atoms in total. The number of nitrogens with zero attached hydrogens (tertiary/aromatic N) is 8. The number of carbonyl (C=O) groups is 3. The zero-order valence-electron chi connectivity index (χ0n) is 43.0. The SMILES string of the molecule is Cc1c(N(C(=O)c2cc(-c3cc4c(cc3C(=O)N3Cc5ccccc5CC3CN3CCC5(CC5)C3)CN(C(=O)Cc3ccc(OCCN5CCOCC5)cc3F)CC4)n(C)c2C)c2ccccc2)cc(C#N)n1C. The average Bonchev–Trinajstić information content (AvgIpc) is 3.84. The van der Waals surface area contributed by atoms with E-state index >= 15 is 14.0 Å². The van der Waals surface area contributed by atoms with Crippen molar-refractivity contribution in [3.8, 4) is 23.1 Å². The largest absolute Gasteiger partial charge is 0.492 e. The van der Waals surface area contributed by atoms with Crippen LogP contribution in [0.5, 0.6) is 5.75 Å². The summed E-state index contributed by atoms with van der Waals surface area (Å²) in [5, 5.41) is 10.0. The van der Waals surface area contributed by atoms with Crippen LogP contribution in [0.15, 0.2) is 97.1 Å². The van der Waals surface area contributed by atoms with Gasteiger partial charge in [0.05, 0.1) is 30.9 Å². The van der Waals surface area contributed by atoms with Crippen molar-refractivity contribution in [3.63, 3.8) is 0 Å². The lowest BCUT2D eigenvalue weighted by atomic mass is 9.89. The van der Waals surface area contributed by atoms with Gasteiger partial charge < -0.3 is 33.3 Å². The molecule has 3 fully saturated rings. The van der Waals surface area contributed by atoms with Crippen molar-refractivity contribution < 1.29 is 28.2 Å². The Hall–Kier alpha value is -7.05. The second-order valence-corrected chi connectivity index (χ2v) is 21.2. The van der Waals surface area contributed by atoms with Crippen LogP contribution in [0.4, 0.5) is 15.8 Å². The number of anilines is 2. The van der Waals surface area contributed by atoms with Gasteiger partial charge >= 0.3 is 0 Å². The Labute approximate surface area is 433 Å². The third kappa shape index (κ3) is 9.65. The van der Waals surface area contributed by atoms with Crippen LogP contribution >= 0.6 is 0 Å². The van der Waals surface area contributed by atoms with Crippen LogP contribution < -0.4 is 9.64 Å². The van der Waals surface area contributed by atoms with Gasteiger partial charge in [0.25, 0.3) is 11.8 Å². The predicted octanol–water partition coefficient (Wildman–Crippen LogP) is 8.53. The maximum absolute atomic E-state index is 15.9. The van der Waals surface area contributed by atoms with Crippen molar-refractivity contribution in [3.05, 3.63) is 159 Å². The number of ether oxygens (including phenoxy) is 2. The van der Waals surface area contributed by atoms with E-state index in [0.717, 1.165) is 85.0 Å². The van der Waals surface area contributed by atoms with Crippen LogP contribution in [0, 0.1) is 36.4 Å². The van der Waals surface area contributed by atoms with Gasteiger partial charge in [0, 0.05) is 112 Å². The molecule has 0 radical (unpaired) electrons. The van der Waals surface area contributed by atoms with E-state index in [1.165, 1.54) is 30.9 Å². The fourth-order valence-electron chi connectivity index (χ4n) is 11.8. The van der Waals surface area contributed by atoms with Gasteiger partial charge in [-0.05, 0) is 128 Å². The Morgan fingerprint density at radius 1 is 0.797 bits per heavy atom. The standard InChI is InChI=1S/C60H65FN8O5/c1-40-51(59(72)69(47-12-6-5-7-13-47)55-32-48(35-62)63(3)41(55)2)34-56(64(40)4)52-29-43-16-20-67(57(70)31-44-14-15-50(33-54(44)61)74-27-24-65-22-25-73-26-23-65)36-46(43)30-53(52)58(71)68-37-45-11-9-8-10-42(45)28-49(68)38-66-21-19-60(39-66)17-18-60/h5-15,29-30,32-34,49H,16-28,31,36-39H2,1-4H3. The Bertz CT molecular complexity index is 3180. The molecule has 1 atom stereocenters. The zero-order chi connectivity index (χ0) is 51.3. The smallest absolute Gasteiger partial charge is 0.264 e. The van der Waals surface area contributed by atoms with Crippen LogP contribution in [0.1, 0.15) is 84.9 Å². The van der Waals surface area contributed by atoms with Crippen LogP contribution in [0.2, 0.25) is 0 Å². The van der Waals surface area contributed by atoms with Gasteiger partial charge in [-0.3, -0.25) is 24.2 Å². The summed E-state index contributed by atoms with van der Waals surface area (Å²) in [5.41, 5.74) is 10.6. The van der Waals surface area contributed by atoms with Crippen molar-refractivity contribution >= 4 is 29.1 Å². The molecule has 4 aromatic carbocycles. The molecule has 382 valence electrons. The predicted molar refractivity (Wildman–Crippen MR) is 282 cm³/mol. The number of carbonyl (C=O) groups excluding carboxylic acids is 3. The van der Waals surface area contributed by atoms with Crippen molar-refractivity contribution in [2.75, 3.05) is 70.5 Å². The third-order valence-electron chi connectivity index (χ3n) is 16.8. The van der Waals surface area contributed by atoms with Crippen molar-refractivity contribution in [1.29, 1.82) is 5.26 Å². The molecular formula is C60H65FN8O5. The quantitative estimate of drug-likeness (QED) is 0.113. The number of amides is 3. The number of hydrogen-bond acceptors (Lipinski definition) is 8. The molecule has 0 N–H and O–H groups in total. The molecule has 3 amide bonds. The Morgan fingerprint density at radius 2 is 1.57 bits per heavy atom. The summed E-state index contributed by atoms with van der Waals surface area (Å²) in [6.07, 6.45) is 4.93. The van der Waals surface area contributed by atoms with Crippen LogP contribution in [0.25, 0.3) is 11.3 Å². The third-order valence-corrected chi connectivity index (χ3v) is 16.8. The first-order valence-corrected chi connectivity index (χ1v) is 26.2. The van der Waals surface area contributed by atoms with Gasteiger partial charge in [-0.2, -0.15) is 5.26 Å². The first-order valence-electron chi connectivity index (χ1n) is 26.2. The molecule has 1 aliphatic carbocycles. The highest BCUT2D eigenvalue weighted by Gasteiger charge is 2.48.